The lowest BCUT2D eigenvalue weighted by atomic mass is 9.61. The van der Waals surface area contributed by atoms with Crippen LogP contribution in [0.1, 0.15) is 78.1 Å². The van der Waals surface area contributed by atoms with E-state index in [1.807, 2.05) is 6.92 Å². The summed E-state index contributed by atoms with van der Waals surface area (Å²) in [5.74, 6) is -1.69. The Hall–Kier alpha value is -2.05. The summed E-state index contributed by atoms with van der Waals surface area (Å²) in [4.78, 5) is 60.5. The number of carboxylic acid groups (broad SMARTS) is 1. The van der Waals surface area contributed by atoms with E-state index < -0.39 is 22.7 Å². The van der Waals surface area contributed by atoms with Crippen molar-refractivity contribution in [2.75, 3.05) is 6.54 Å². The van der Waals surface area contributed by atoms with Gasteiger partial charge in [-0.3, -0.25) is 24.0 Å². The summed E-state index contributed by atoms with van der Waals surface area (Å²) < 4.78 is 0. The van der Waals surface area contributed by atoms with E-state index in [2.05, 4.69) is 5.32 Å². The van der Waals surface area contributed by atoms with Gasteiger partial charge in [0.25, 0.3) is 0 Å². The second-order valence-electron chi connectivity index (χ2n) is 8.76. The van der Waals surface area contributed by atoms with Crippen LogP contribution < -0.4 is 5.32 Å². The highest BCUT2D eigenvalue weighted by Gasteiger charge is 2.49. The molecule has 0 heterocycles. The molecule has 2 saturated carbocycles. The van der Waals surface area contributed by atoms with E-state index in [0.717, 1.165) is 6.42 Å². The Morgan fingerprint density at radius 3 is 2.36 bits per heavy atom. The Balaban J connectivity index is 2.02. The molecule has 2 aliphatic carbocycles. The first kappa shape index (κ1) is 22.2. The van der Waals surface area contributed by atoms with Crippen LogP contribution in [0.4, 0.5) is 0 Å². The smallest absolute Gasteiger partial charge is 0.305 e. The van der Waals surface area contributed by atoms with Crippen LogP contribution in [0.25, 0.3) is 0 Å². The van der Waals surface area contributed by atoms with E-state index in [9.17, 15) is 24.0 Å². The highest BCUT2D eigenvalue weighted by Crippen LogP contribution is 2.46. The van der Waals surface area contributed by atoms with Crippen LogP contribution >= 0.6 is 0 Å². The molecule has 0 bridgehead atoms. The fourth-order valence-electron chi connectivity index (χ4n) is 4.64. The third kappa shape index (κ3) is 5.06. The molecule has 2 fully saturated rings. The van der Waals surface area contributed by atoms with Gasteiger partial charge in [-0.1, -0.05) is 13.8 Å². The SMILES string of the molecule is CC1(CC(=O)C2CCCC(=O)C2(C)CCC(=O)NCCC(=O)O)CCCC1=O. The van der Waals surface area contributed by atoms with E-state index >= 15 is 0 Å². The van der Waals surface area contributed by atoms with Crippen molar-refractivity contribution in [3.63, 3.8) is 0 Å². The second-order valence-corrected chi connectivity index (χ2v) is 8.76. The van der Waals surface area contributed by atoms with Gasteiger partial charge in [0, 0.05) is 49.0 Å². The minimum absolute atomic E-state index is 0.00154. The van der Waals surface area contributed by atoms with E-state index in [0.29, 0.717) is 32.1 Å². The molecule has 2 rings (SSSR count). The van der Waals surface area contributed by atoms with Gasteiger partial charge in [-0.05, 0) is 32.1 Å². The first-order chi connectivity index (χ1) is 13.1. The van der Waals surface area contributed by atoms with Crippen LogP contribution in [0.2, 0.25) is 0 Å². The fraction of sp³-hybridized carbons (Fsp3) is 0.762. The third-order valence-electron chi connectivity index (χ3n) is 6.59. The van der Waals surface area contributed by atoms with E-state index in [-0.39, 0.29) is 55.5 Å². The molecular formula is C21H31NO6. The summed E-state index contributed by atoms with van der Waals surface area (Å²) in [5, 5.41) is 11.2. The van der Waals surface area contributed by atoms with Crippen LogP contribution in [-0.4, -0.2) is 40.9 Å². The fourth-order valence-corrected chi connectivity index (χ4v) is 4.64. The minimum Gasteiger partial charge on any atom is -0.481 e. The Bertz CT molecular complexity index is 672. The van der Waals surface area contributed by atoms with Crippen LogP contribution in [-0.2, 0) is 24.0 Å². The number of hydrogen-bond donors (Lipinski definition) is 2. The third-order valence-corrected chi connectivity index (χ3v) is 6.59. The van der Waals surface area contributed by atoms with Gasteiger partial charge in [-0.15, -0.1) is 0 Å². The maximum Gasteiger partial charge on any atom is 0.305 e. The number of Topliss-reactive ketones (excluding diaryl/α,β-unsaturated/α-hetero) is 3. The molecule has 3 unspecified atom stereocenters. The number of ketones is 3. The summed E-state index contributed by atoms with van der Waals surface area (Å²) in [6.45, 7) is 3.65. The van der Waals surface area contributed by atoms with Gasteiger partial charge >= 0.3 is 5.97 Å². The zero-order chi connectivity index (χ0) is 20.9. The van der Waals surface area contributed by atoms with Gasteiger partial charge in [0.15, 0.2) is 0 Å². The number of carbonyl (C=O) groups is 5. The molecule has 0 radical (unpaired) electrons. The van der Waals surface area contributed by atoms with Crippen molar-refractivity contribution < 1.29 is 29.1 Å². The molecule has 7 nitrogen and oxygen atoms in total. The van der Waals surface area contributed by atoms with E-state index in [1.165, 1.54) is 0 Å². The number of rotatable bonds is 9. The van der Waals surface area contributed by atoms with Gasteiger partial charge in [0.05, 0.1) is 6.42 Å². The average molecular weight is 393 g/mol. The lowest BCUT2D eigenvalue weighted by Gasteiger charge is -2.40. The Labute approximate surface area is 165 Å². The molecular weight excluding hydrogens is 362 g/mol. The molecule has 0 aromatic heterocycles. The lowest BCUT2D eigenvalue weighted by molar-refractivity contribution is -0.145. The zero-order valence-electron chi connectivity index (χ0n) is 16.8. The Kier molecular flexibility index (Phi) is 7.12. The van der Waals surface area contributed by atoms with Crippen molar-refractivity contribution in [1.29, 1.82) is 0 Å². The summed E-state index contributed by atoms with van der Waals surface area (Å²) in [5.41, 5.74) is -1.52. The average Bonchev–Trinajstić information content (AvgIpc) is 2.93. The van der Waals surface area contributed by atoms with Crippen LogP contribution in [0.15, 0.2) is 0 Å². The topological polar surface area (TPSA) is 118 Å². The number of nitrogens with one attached hydrogen (secondary N) is 1. The highest BCUT2D eigenvalue weighted by molar-refractivity contribution is 5.97. The monoisotopic (exact) mass is 393 g/mol. The van der Waals surface area contributed by atoms with Crippen LogP contribution in [0, 0.1) is 16.7 Å². The van der Waals surface area contributed by atoms with E-state index in [4.69, 9.17) is 5.11 Å². The summed E-state index contributed by atoms with van der Waals surface area (Å²) >= 11 is 0. The van der Waals surface area contributed by atoms with E-state index in [1.54, 1.807) is 6.92 Å². The summed E-state index contributed by atoms with van der Waals surface area (Å²) in [7, 11) is 0. The van der Waals surface area contributed by atoms with Gasteiger partial charge in [-0.2, -0.15) is 0 Å². The maximum absolute atomic E-state index is 13.1. The number of carboxylic acids is 1. The van der Waals surface area contributed by atoms with Crippen molar-refractivity contribution >= 4 is 29.2 Å². The largest absolute Gasteiger partial charge is 0.481 e. The Morgan fingerprint density at radius 1 is 1.07 bits per heavy atom. The molecule has 0 aromatic carbocycles. The molecule has 2 N–H and O–H groups in total. The molecule has 0 saturated heterocycles. The van der Waals surface area contributed by atoms with Crippen LogP contribution in [0.5, 0.6) is 0 Å². The first-order valence-corrected chi connectivity index (χ1v) is 10.2. The van der Waals surface area contributed by atoms with Gasteiger partial charge in [0.2, 0.25) is 5.91 Å². The summed E-state index contributed by atoms with van der Waals surface area (Å²) in [6, 6.07) is 0. The van der Waals surface area contributed by atoms with Crippen molar-refractivity contribution in [2.45, 2.75) is 78.1 Å². The van der Waals surface area contributed by atoms with Gasteiger partial charge in [0.1, 0.15) is 17.3 Å². The maximum atomic E-state index is 13.1. The predicted molar refractivity (Wildman–Crippen MR) is 102 cm³/mol. The molecule has 0 aliphatic heterocycles. The Morgan fingerprint density at radius 2 is 1.75 bits per heavy atom. The van der Waals surface area contributed by atoms with Gasteiger partial charge < -0.3 is 10.4 Å². The van der Waals surface area contributed by atoms with Crippen LogP contribution in [0.3, 0.4) is 0 Å². The predicted octanol–water partition coefficient (Wildman–Crippen LogP) is 2.45. The highest BCUT2D eigenvalue weighted by atomic mass is 16.4. The molecule has 28 heavy (non-hydrogen) atoms. The molecule has 2 aliphatic rings. The molecule has 3 atom stereocenters. The van der Waals surface area contributed by atoms with Gasteiger partial charge in [-0.25, -0.2) is 0 Å². The quantitative estimate of drug-likeness (QED) is 0.621. The number of amides is 1. The number of hydrogen-bond acceptors (Lipinski definition) is 5. The molecule has 7 heteroatoms. The number of aliphatic carboxylic acids is 1. The van der Waals surface area contributed by atoms with Crippen molar-refractivity contribution in [3.8, 4) is 0 Å². The molecule has 0 spiro atoms. The van der Waals surface area contributed by atoms with Crippen molar-refractivity contribution in [1.82, 2.24) is 5.32 Å². The standard InChI is InChI=1S/C21H31NO6/c1-20(10-4-7-16(20)24)13-15(23)14-5-3-6-17(25)21(14,2)11-8-18(26)22-12-9-19(27)28/h14H,3-13H2,1-2H3,(H,22,26)(H,27,28). The van der Waals surface area contributed by atoms with Crippen molar-refractivity contribution in [2.24, 2.45) is 16.7 Å². The molecule has 1 amide bonds. The lowest BCUT2D eigenvalue weighted by Crippen LogP contribution is -2.45. The second kappa shape index (κ2) is 8.97. The zero-order valence-corrected chi connectivity index (χ0v) is 16.8. The number of carbonyl (C=O) groups excluding carboxylic acids is 4. The first-order valence-electron chi connectivity index (χ1n) is 10.2. The molecule has 156 valence electrons. The molecule has 0 aromatic rings. The normalized spacial score (nSPS) is 30.3. The van der Waals surface area contributed by atoms with Crippen molar-refractivity contribution in [3.05, 3.63) is 0 Å². The summed E-state index contributed by atoms with van der Waals surface area (Å²) in [6.07, 6.45) is 4.03. The minimum atomic E-state index is -0.990.